The third kappa shape index (κ3) is 4.86. The molecule has 0 bridgehead atoms. The highest BCUT2D eigenvalue weighted by Gasteiger charge is 2.33. The molecule has 0 aromatic heterocycles. The molecule has 0 radical (unpaired) electrons. The quantitative estimate of drug-likeness (QED) is 0.652. The normalized spacial score (nSPS) is 16.4. The van der Waals surface area contributed by atoms with E-state index in [4.69, 9.17) is 22.1 Å². The largest absolute Gasteiger partial charge is 0.484 e. The van der Waals surface area contributed by atoms with Crippen LogP contribution in [0, 0.1) is 0 Å². The Morgan fingerprint density at radius 3 is 2.79 bits per heavy atom. The fourth-order valence-electron chi connectivity index (χ4n) is 3.28. The molecule has 0 saturated carbocycles. The van der Waals surface area contributed by atoms with Gasteiger partial charge >= 0.3 is 5.97 Å². The van der Waals surface area contributed by atoms with E-state index < -0.39 is 17.9 Å². The van der Waals surface area contributed by atoms with Crippen molar-refractivity contribution in [3.63, 3.8) is 0 Å². The van der Waals surface area contributed by atoms with E-state index in [-0.39, 0.29) is 37.5 Å². The number of rotatable bonds is 8. The number of carbonyl (C=O) groups is 3. The monoisotopic (exact) mass is 416 g/mol. The highest BCUT2D eigenvalue weighted by molar-refractivity contribution is 6.30. The molecule has 1 aliphatic carbocycles. The van der Waals surface area contributed by atoms with Crippen molar-refractivity contribution < 1.29 is 23.9 Å². The van der Waals surface area contributed by atoms with Gasteiger partial charge in [-0.25, -0.2) is 0 Å². The molecule has 29 heavy (non-hydrogen) atoms. The van der Waals surface area contributed by atoms with Gasteiger partial charge in [-0.05, 0) is 41.8 Å². The molecule has 1 unspecified atom stereocenters. The molecule has 1 amide bonds. The minimum Gasteiger partial charge on any atom is -0.484 e. The highest BCUT2D eigenvalue weighted by Crippen LogP contribution is 2.32. The van der Waals surface area contributed by atoms with E-state index in [0.717, 1.165) is 11.1 Å². The Hall–Kier alpha value is -3.06. The van der Waals surface area contributed by atoms with Crippen molar-refractivity contribution in [2.75, 3.05) is 13.7 Å². The lowest BCUT2D eigenvalue weighted by Gasteiger charge is -2.25. The maximum atomic E-state index is 12.4. The number of halogens is 1. The van der Waals surface area contributed by atoms with Crippen LogP contribution in [-0.4, -0.2) is 42.3 Å². The van der Waals surface area contributed by atoms with Crippen LogP contribution in [0.2, 0.25) is 5.02 Å². The summed E-state index contributed by atoms with van der Waals surface area (Å²) in [5.74, 6) is -0.981. The van der Waals surface area contributed by atoms with Crippen LogP contribution < -0.4 is 5.73 Å². The second kappa shape index (κ2) is 8.96. The molecule has 3 rings (SSSR count). The minimum absolute atomic E-state index is 0.0652. The molecule has 0 fully saturated rings. The van der Waals surface area contributed by atoms with Crippen LogP contribution >= 0.6 is 11.6 Å². The number of esters is 1. The van der Waals surface area contributed by atoms with E-state index in [0.29, 0.717) is 10.6 Å². The fraction of sp³-hybridized carbons (Fsp3) is 0.286. The van der Waals surface area contributed by atoms with E-state index >= 15 is 0 Å². The zero-order valence-corrected chi connectivity index (χ0v) is 16.6. The molecule has 152 valence electrons. The molecular formula is C21H21ClN2O5. The van der Waals surface area contributed by atoms with Crippen LogP contribution in [0.15, 0.2) is 59.5 Å². The number of hydrogen-bond acceptors (Lipinski definition) is 6. The van der Waals surface area contributed by atoms with Gasteiger partial charge in [0.25, 0.3) is 0 Å². The van der Waals surface area contributed by atoms with Crippen molar-refractivity contribution in [1.82, 2.24) is 4.90 Å². The number of fused-ring (bicyclic) bond motifs is 1. The van der Waals surface area contributed by atoms with Crippen LogP contribution in [0.4, 0.5) is 0 Å². The molecule has 1 heterocycles. The predicted octanol–water partition coefficient (Wildman–Crippen LogP) is 2.26. The molecule has 0 saturated heterocycles. The lowest BCUT2D eigenvalue weighted by atomic mass is 10.00. The van der Waals surface area contributed by atoms with Gasteiger partial charge in [0.1, 0.15) is 12.6 Å². The predicted molar refractivity (Wildman–Crippen MR) is 106 cm³/mol. The number of amides is 1. The molecule has 8 heteroatoms. The van der Waals surface area contributed by atoms with Gasteiger partial charge in [-0.1, -0.05) is 23.7 Å². The molecule has 2 N–H and O–H groups in total. The lowest BCUT2D eigenvalue weighted by molar-refractivity contribution is -0.141. The number of carbonyl (C=O) groups excluding carboxylic acids is 3. The summed E-state index contributed by atoms with van der Waals surface area (Å²) in [6.45, 7) is 0.471. The van der Waals surface area contributed by atoms with Gasteiger partial charge in [0.2, 0.25) is 11.7 Å². The van der Waals surface area contributed by atoms with E-state index in [1.165, 1.54) is 13.2 Å². The van der Waals surface area contributed by atoms with Gasteiger partial charge in [0.05, 0.1) is 7.11 Å². The zero-order valence-electron chi connectivity index (χ0n) is 15.9. The molecule has 1 aliphatic heterocycles. The standard InChI is InChI=1S/C21H21ClN2O5/c1-28-19(26)8-6-17(21(23)27)24-10-14-5-7-18(25)20(16(14)11-24)29-12-13-3-2-4-15(22)9-13/h2-5,7,9-10,17H,6,8,11-12H2,1H3,(H2,23,27). The van der Waals surface area contributed by atoms with E-state index in [2.05, 4.69) is 4.74 Å². The first-order valence-electron chi connectivity index (χ1n) is 9.06. The summed E-state index contributed by atoms with van der Waals surface area (Å²) < 4.78 is 10.4. The first-order chi connectivity index (χ1) is 13.9. The van der Waals surface area contributed by atoms with E-state index in [9.17, 15) is 14.4 Å². The summed E-state index contributed by atoms with van der Waals surface area (Å²) in [6, 6.07) is 6.49. The molecule has 0 spiro atoms. The Bertz CT molecular complexity index is 935. The first kappa shape index (κ1) is 20.7. The maximum absolute atomic E-state index is 12.4. The second-order valence-corrected chi connectivity index (χ2v) is 7.15. The lowest BCUT2D eigenvalue weighted by Crippen LogP contribution is -2.41. The van der Waals surface area contributed by atoms with E-state index in [1.807, 2.05) is 12.1 Å². The summed E-state index contributed by atoms with van der Waals surface area (Å²) >= 11 is 5.99. The topological polar surface area (TPSA) is 98.9 Å². The van der Waals surface area contributed by atoms with Crippen LogP contribution in [0.3, 0.4) is 0 Å². The average Bonchev–Trinajstić information content (AvgIpc) is 3.10. The smallest absolute Gasteiger partial charge is 0.305 e. The number of benzene rings is 1. The van der Waals surface area contributed by atoms with Crippen molar-refractivity contribution in [2.45, 2.75) is 25.5 Å². The van der Waals surface area contributed by atoms with Crippen molar-refractivity contribution in [3.8, 4) is 0 Å². The molecule has 2 aliphatic rings. The maximum Gasteiger partial charge on any atom is 0.305 e. The number of ether oxygens (including phenoxy) is 2. The van der Waals surface area contributed by atoms with Crippen LogP contribution in [-0.2, 0) is 30.5 Å². The Morgan fingerprint density at radius 1 is 1.31 bits per heavy atom. The summed E-state index contributed by atoms with van der Waals surface area (Å²) in [5, 5.41) is 0.584. The number of methoxy groups -OCH3 is 1. The van der Waals surface area contributed by atoms with Gasteiger partial charge in [-0.3, -0.25) is 14.4 Å². The van der Waals surface area contributed by atoms with Crippen molar-refractivity contribution in [3.05, 3.63) is 70.1 Å². The van der Waals surface area contributed by atoms with E-state index in [1.54, 1.807) is 29.3 Å². The molecule has 1 atom stereocenters. The number of primary amides is 1. The van der Waals surface area contributed by atoms with Gasteiger partial charge in [-0.2, -0.15) is 0 Å². The zero-order chi connectivity index (χ0) is 21.0. The SMILES string of the molecule is COC(=O)CCC(C(N)=O)N1C=C2C=CC(=O)C(OCc3cccc(Cl)c3)=C2C1. The van der Waals surface area contributed by atoms with Crippen LogP contribution in [0.25, 0.3) is 0 Å². The highest BCUT2D eigenvalue weighted by atomic mass is 35.5. The third-order valence-corrected chi connectivity index (χ3v) is 4.99. The summed E-state index contributed by atoms with van der Waals surface area (Å²) in [5.41, 5.74) is 7.83. The Labute approximate surface area is 173 Å². The van der Waals surface area contributed by atoms with Crippen molar-refractivity contribution in [2.24, 2.45) is 5.73 Å². The third-order valence-electron chi connectivity index (χ3n) is 4.76. The number of nitrogens with two attached hydrogens (primary N) is 1. The summed E-state index contributed by atoms with van der Waals surface area (Å²) in [4.78, 5) is 37.5. The number of nitrogens with zero attached hydrogens (tertiary/aromatic N) is 1. The minimum atomic E-state index is -0.697. The molecular weight excluding hydrogens is 396 g/mol. The second-order valence-electron chi connectivity index (χ2n) is 6.71. The first-order valence-corrected chi connectivity index (χ1v) is 9.43. The van der Waals surface area contributed by atoms with Crippen molar-refractivity contribution >= 4 is 29.3 Å². The number of allylic oxidation sites excluding steroid dienone is 2. The number of ketones is 1. The fourth-order valence-corrected chi connectivity index (χ4v) is 3.49. The molecule has 1 aromatic carbocycles. The van der Waals surface area contributed by atoms with Crippen molar-refractivity contribution in [1.29, 1.82) is 0 Å². The Balaban J connectivity index is 1.77. The van der Waals surface area contributed by atoms with Gasteiger partial charge in [-0.15, -0.1) is 0 Å². The van der Waals surface area contributed by atoms with Crippen LogP contribution in [0.5, 0.6) is 0 Å². The van der Waals surface area contributed by atoms with Gasteiger partial charge < -0.3 is 20.1 Å². The average molecular weight is 417 g/mol. The summed E-state index contributed by atoms with van der Waals surface area (Å²) in [7, 11) is 1.29. The molecule has 7 nitrogen and oxygen atoms in total. The summed E-state index contributed by atoms with van der Waals surface area (Å²) in [6.07, 6.45) is 5.15. The van der Waals surface area contributed by atoms with Gasteiger partial charge in [0.15, 0.2) is 5.76 Å². The van der Waals surface area contributed by atoms with Crippen LogP contribution in [0.1, 0.15) is 18.4 Å². The van der Waals surface area contributed by atoms with Gasteiger partial charge in [0, 0.05) is 29.8 Å². The number of hydrogen-bond donors (Lipinski definition) is 1. The Kier molecular flexibility index (Phi) is 6.39. The molecule has 1 aromatic rings. The Morgan fingerprint density at radius 2 is 2.10 bits per heavy atom.